The second kappa shape index (κ2) is 30.4. The van der Waals surface area contributed by atoms with E-state index in [4.69, 9.17) is 15.9 Å². The second-order valence-corrected chi connectivity index (χ2v) is 23.0. The molecule has 11 nitrogen and oxygen atoms in total. The van der Waals surface area contributed by atoms with Crippen molar-refractivity contribution in [3.8, 4) is 47.9 Å². The number of aromatic amines is 2. The minimum atomic E-state index is -0.883. The summed E-state index contributed by atoms with van der Waals surface area (Å²) in [7, 11) is 1.19. The normalized spacial score (nSPS) is 10.4. The number of methoxy groups -OCH3 is 1. The van der Waals surface area contributed by atoms with Crippen LogP contribution in [0.15, 0.2) is 237 Å². The molecule has 0 aliphatic heterocycles. The first-order valence-electron chi connectivity index (χ1n) is 28.2. The van der Waals surface area contributed by atoms with E-state index >= 15 is 0 Å². The molecule has 0 saturated carbocycles. The van der Waals surface area contributed by atoms with Gasteiger partial charge in [-0.2, -0.15) is 0 Å². The Bertz CT molecular complexity index is 4670. The molecular weight excluding hydrogens is 1220 g/mol. The van der Waals surface area contributed by atoms with Gasteiger partial charge in [-0.15, -0.1) is 6.42 Å². The van der Waals surface area contributed by atoms with Crippen LogP contribution >= 0.6 is 22.6 Å². The van der Waals surface area contributed by atoms with Crippen LogP contribution in [0.1, 0.15) is 90.8 Å². The molecule has 0 aliphatic carbocycles. The van der Waals surface area contributed by atoms with Crippen LogP contribution in [-0.2, 0) is 19.0 Å². The molecule has 0 atom stereocenters. The number of fused-ring (bicyclic) bond motifs is 4. The van der Waals surface area contributed by atoms with Gasteiger partial charge in [-0.1, -0.05) is 114 Å². The maximum Gasteiger partial charge on any atom is 0.418 e. The minimum absolute atomic E-state index is 0.287. The summed E-state index contributed by atoms with van der Waals surface area (Å²) >= 11 is 2.25. The Hall–Kier alpha value is -11.0. The summed E-state index contributed by atoms with van der Waals surface area (Å²) in [6.45, 7) is 11.1. The van der Waals surface area contributed by atoms with E-state index in [2.05, 4.69) is 96.9 Å². The number of ketones is 1. The molecule has 8 aromatic carbocycles. The van der Waals surface area contributed by atoms with Gasteiger partial charge in [-0.25, -0.2) is 14.4 Å². The van der Waals surface area contributed by atoms with E-state index < -0.39 is 23.0 Å². The van der Waals surface area contributed by atoms with Gasteiger partial charge in [0.2, 0.25) is 0 Å². The summed E-state index contributed by atoms with van der Waals surface area (Å²) in [5, 5.41) is 3.86. The molecule has 440 valence electrons. The summed E-state index contributed by atoms with van der Waals surface area (Å²) in [5.74, 6) is 19.7. The lowest BCUT2D eigenvalue weighted by Gasteiger charge is -2.19. The zero-order chi connectivity index (χ0) is 63.3. The van der Waals surface area contributed by atoms with E-state index in [1.165, 1.54) is 27.8 Å². The van der Waals surface area contributed by atoms with Gasteiger partial charge >= 0.3 is 18.2 Å². The van der Waals surface area contributed by atoms with Crippen molar-refractivity contribution in [1.82, 2.24) is 19.1 Å². The number of H-pyrrole nitrogens is 2. The topological polar surface area (TPSA) is 137 Å². The van der Waals surface area contributed by atoms with Crippen LogP contribution in [0.3, 0.4) is 0 Å². The van der Waals surface area contributed by atoms with E-state index in [1.54, 1.807) is 18.5 Å². The summed E-state index contributed by atoms with van der Waals surface area (Å²) in [6, 6.07) is 68.4. The average molecular weight is 1280 g/mol. The van der Waals surface area contributed by atoms with Gasteiger partial charge in [-0.05, 0) is 204 Å². The molecule has 0 amide bonds. The molecule has 12 rings (SSSR count). The highest BCUT2D eigenvalue weighted by atomic mass is 127. The molecule has 2 N–H and O–H groups in total. The smallest absolute Gasteiger partial charge is 0.418 e. The average Bonchev–Trinajstić information content (AvgIpc) is 2.67. The van der Waals surface area contributed by atoms with Gasteiger partial charge in [0.1, 0.15) is 11.2 Å². The number of hydrogen-bond acceptors (Lipinski definition) is 7. The van der Waals surface area contributed by atoms with E-state index in [0.717, 1.165) is 75.4 Å². The van der Waals surface area contributed by atoms with Crippen LogP contribution in [0.4, 0.5) is 9.59 Å². The summed E-state index contributed by atoms with van der Waals surface area (Å²) in [6.07, 6.45) is 11.3. The Labute approximate surface area is 532 Å². The van der Waals surface area contributed by atoms with Crippen LogP contribution in [0, 0.1) is 51.4 Å². The predicted molar refractivity (Wildman–Crippen MR) is 364 cm³/mol. The molecule has 89 heavy (non-hydrogen) atoms. The van der Waals surface area contributed by atoms with E-state index in [9.17, 15) is 19.2 Å². The minimum Gasteiger partial charge on any atom is -0.463 e. The summed E-state index contributed by atoms with van der Waals surface area (Å²) in [4.78, 5) is 53.8. The lowest BCUT2D eigenvalue weighted by molar-refractivity contribution is -0.135. The molecular formula is C77H63IN4O7. The van der Waals surface area contributed by atoms with Gasteiger partial charge in [0, 0.05) is 99.9 Å². The van der Waals surface area contributed by atoms with Crippen molar-refractivity contribution < 1.29 is 33.4 Å². The number of carbonyl (C=O) groups is 4. The Morgan fingerprint density at radius 1 is 0.449 bits per heavy atom. The number of ether oxygens (including phenoxy) is 3. The van der Waals surface area contributed by atoms with Crippen molar-refractivity contribution in [3.05, 3.63) is 285 Å². The fraction of sp³-hybridized carbons (Fsp3) is 0.117. The SMILES string of the molecule is C#Cc1ccccc1.C(#Cc1ccc2[nH]ccc2c1)c1ccccc1.CC(C)(C)OC(=O)n1ccc2cc(C#Cc3ccccc3)ccc21.CC(C)(C)OC(=O)n1ccc2cc(I)ccc21.COC(=O)C(=O)c1c[nH]c2ccc(C#Cc3ccccc3)cc12. The Morgan fingerprint density at radius 2 is 0.865 bits per heavy atom. The Balaban J connectivity index is 0.000000148. The van der Waals surface area contributed by atoms with Crippen molar-refractivity contribution in [3.63, 3.8) is 0 Å². The number of hydrogen-bond donors (Lipinski definition) is 2. The fourth-order valence-electron chi connectivity index (χ4n) is 8.53. The molecule has 0 saturated heterocycles. The van der Waals surface area contributed by atoms with Crippen molar-refractivity contribution in [1.29, 1.82) is 0 Å². The molecule has 12 heteroatoms. The third-order valence-electron chi connectivity index (χ3n) is 12.7. The number of nitrogens with one attached hydrogen (secondary N) is 2. The third kappa shape index (κ3) is 19.0. The number of benzene rings is 8. The predicted octanol–water partition coefficient (Wildman–Crippen LogP) is 17.0. The van der Waals surface area contributed by atoms with Crippen LogP contribution in [0.5, 0.6) is 0 Å². The molecule has 0 aliphatic rings. The Kier molecular flexibility index (Phi) is 21.8. The zero-order valence-corrected chi connectivity index (χ0v) is 52.4. The molecule has 0 spiro atoms. The highest BCUT2D eigenvalue weighted by molar-refractivity contribution is 14.1. The monoisotopic (exact) mass is 1280 g/mol. The van der Waals surface area contributed by atoms with Gasteiger partial charge in [0.05, 0.1) is 23.7 Å². The number of carbonyl (C=O) groups excluding carboxylic acids is 4. The van der Waals surface area contributed by atoms with Crippen LogP contribution in [0.25, 0.3) is 43.6 Å². The molecule has 4 aromatic heterocycles. The molecule has 0 unspecified atom stereocenters. The van der Waals surface area contributed by atoms with Gasteiger partial charge < -0.3 is 24.2 Å². The van der Waals surface area contributed by atoms with Crippen LogP contribution < -0.4 is 0 Å². The first kappa shape index (κ1) is 64.0. The summed E-state index contributed by atoms with van der Waals surface area (Å²) in [5.41, 5.74) is 9.48. The number of Topliss-reactive ketones (excluding diaryl/α,β-unsaturated/α-hetero) is 1. The van der Waals surface area contributed by atoms with Gasteiger partial charge in [0.25, 0.3) is 5.78 Å². The number of terminal acetylenes is 1. The van der Waals surface area contributed by atoms with Crippen molar-refractivity contribution in [2.45, 2.75) is 52.7 Å². The third-order valence-corrected chi connectivity index (χ3v) is 13.4. The van der Waals surface area contributed by atoms with Crippen LogP contribution in [-0.4, -0.2) is 61.4 Å². The molecule has 0 bridgehead atoms. The first-order valence-corrected chi connectivity index (χ1v) is 29.3. The van der Waals surface area contributed by atoms with Crippen LogP contribution in [0.2, 0.25) is 0 Å². The standard InChI is InChI=1S/C21H19NO2.C19H13NO3.C16H11N.C13H14INO2.C8H6/c1-21(2,3)24-20(23)22-14-13-18-15-17(11-12-19(18)22)10-9-16-7-5-4-6-8-16;1-23-19(22)18(21)16-12-20-17-10-9-14(11-15(16)17)8-7-13-5-3-2-4-6-13;1-2-4-13(5-3-1)6-7-14-8-9-16-15(12-14)10-11-17-16;1-13(2,3)17-12(16)15-7-6-9-8-10(14)4-5-11(9)15;1-2-8-6-4-3-5-7-8/h4-8,11-15H,1-3H3;2-6,9-12,20H,1H3;1-5,8-12,17H;4-8H,1-3H3;1,3-7H. The quantitative estimate of drug-likeness (QED) is 0.0439. The molecule has 0 radical (unpaired) electrons. The number of esters is 1. The van der Waals surface area contributed by atoms with Crippen molar-refractivity contribution in [2.24, 2.45) is 0 Å². The highest BCUT2D eigenvalue weighted by Gasteiger charge is 2.22. The molecule has 4 heterocycles. The number of nitrogens with zero attached hydrogens (tertiary/aromatic N) is 2. The number of halogens is 1. The largest absolute Gasteiger partial charge is 0.463 e. The van der Waals surface area contributed by atoms with Crippen molar-refractivity contribution >= 4 is 90.1 Å². The van der Waals surface area contributed by atoms with Gasteiger partial charge in [0.15, 0.2) is 0 Å². The number of rotatable bonds is 2. The van der Waals surface area contributed by atoms with Crippen molar-refractivity contribution in [2.75, 3.05) is 7.11 Å². The fourth-order valence-corrected chi connectivity index (χ4v) is 9.04. The van der Waals surface area contributed by atoms with Gasteiger partial charge in [-0.3, -0.25) is 13.9 Å². The maximum atomic E-state index is 12.2. The number of aromatic nitrogens is 4. The lowest BCUT2D eigenvalue weighted by atomic mass is 10.1. The van der Waals surface area contributed by atoms with E-state index in [-0.39, 0.29) is 17.7 Å². The Morgan fingerprint density at radius 3 is 1.33 bits per heavy atom. The first-order chi connectivity index (χ1) is 42.8. The molecule has 0 fully saturated rings. The maximum absolute atomic E-state index is 12.2. The highest BCUT2D eigenvalue weighted by Crippen LogP contribution is 2.24. The zero-order valence-electron chi connectivity index (χ0n) is 50.2. The van der Waals surface area contributed by atoms with E-state index in [1.807, 2.05) is 236 Å². The summed E-state index contributed by atoms with van der Waals surface area (Å²) < 4.78 is 19.5. The second-order valence-electron chi connectivity index (χ2n) is 21.7. The lowest BCUT2D eigenvalue weighted by Crippen LogP contribution is -2.26. The molecule has 12 aromatic rings. The van der Waals surface area contributed by atoms with E-state index in [0.29, 0.717) is 5.39 Å².